The first-order chi connectivity index (χ1) is 9.06. The molecule has 0 aliphatic carbocycles. The summed E-state index contributed by atoms with van der Waals surface area (Å²) in [5.74, 6) is -0.797. The summed E-state index contributed by atoms with van der Waals surface area (Å²) in [5.41, 5.74) is 1.19. The largest absolute Gasteiger partial charge is 0.481 e. The molecular weight excluding hydrogens is 242 g/mol. The van der Waals surface area contributed by atoms with Crippen molar-refractivity contribution in [1.82, 2.24) is 14.7 Å². The highest BCUT2D eigenvalue weighted by Crippen LogP contribution is 2.42. The molecule has 2 aliphatic rings. The summed E-state index contributed by atoms with van der Waals surface area (Å²) >= 11 is 0. The molecule has 19 heavy (non-hydrogen) atoms. The van der Waals surface area contributed by atoms with Gasteiger partial charge in [-0.15, -0.1) is 0 Å². The van der Waals surface area contributed by atoms with Crippen molar-refractivity contribution in [2.24, 2.45) is 5.92 Å². The smallest absolute Gasteiger partial charge is 0.308 e. The van der Waals surface area contributed by atoms with E-state index in [-0.39, 0.29) is 12.0 Å². The lowest BCUT2D eigenvalue weighted by Gasteiger charge is -2.21. The second-order valence-electron chi connectivity index (χ2n) is 6.07. The Morgan fingerprint density at radius 3 is 2.89 bits per heavy atom. The number of carbonyl (C=O) groups is 1. The maximum Gasteiger partial charge on any atom is 0.308 e. The molecule has 0 spiro atoms. The Labute approximate surface area is 113 Å². The Hall–Kier alpha value is -1.36. The second-order valence-corrected chi connectivity index (χ2v) is 6.07. The Balaban J connectivity index is 1.72. The normalized spacial score (nSPS) is 30.4. The van der Waals surface area contributed by atoms with Gasteiger partial charge in [-0.05, 0) is 33.1 Å². The molecule has 3 atom stereocenters. The van der Waals surface area contributed by atoms with Gasteiger partial charge in [-0.1, -0.05) is 0 Å². The predicted molar refractivity (Wildman–Crippen MR) is 70.7 cm³/mol. The van der Waals surface area contributed by atoms with E-state index in [1.807, 2.05) is 10.9 Å². The lowest BCUT2D eigenvalue weighted by Crippen LogP contribution is -2.32. The van der Waals surface area contributed by atoms with E-state index in [9.17, 15) is 9.90 Å². The van der Waals surface area contributed by atoms with Crippen LogP contribution < -0.4 is 0 Å². The number of hydrogen-bond donors (Lipinski definition) is 1. The molecule has 3 unspecified atom stereocenters. The first-order valence-corrected chi connectivity index (χ1v) is 7.08. The van der Waals surface area contributed by atoms with Crippen LogP contribution in [0.5, 0.6) is 0 Å². The van der Waals surface area contributed by atoms with E-state index in [1.54, 1.807) is 0 Å². The molecule has 5 heteroatoms. The van der Waals surface area contributed by atoms with Crippen LogP contribution in [-0.4, -0.2) is 37.8 Å². The first-order valence-electron chi connectivity index (χ1n) is 7.08. The van der Waals surface area contributed by atoms with Gasteiger partial charge in [-0.2, -0.15) is 5.10 Å². The van der Waals surface area contributed by atoms with E-state index in [1.165, 1.54) is 5.56 Å². The van der Waals surface area contributed by atoms with Crippen molar-refractivity contribution in [3.8, 4) is 0 Å². The van der Waals surface area contributed by atoms with Crippen LogP contribution in [0.15, 0.2) is 12.4 Å². The highest BCUT2D eigenvalue weighted by molar-refractivity contribution is 5.71. The van der Waals surface area contributed by atoms with E-state index < -0.39 is 5.97 Å². The fraction of sp³-hybridized carbons (Fsp3) is 0.714. The summed E-state index contributed by atoms with van der Waals surface area (Å²) in [7, 11) is 0. The minimum atomic E-state index is -0.630. The van der Waals surface area contributed by atoms with Crippen molar-refractivity contribution in [3.63, 3.8) is 0 Å². The van der Waals surface area contributed by atoms with E-state index in [0.29, 0.717) is 12.1 Å². The van der Waals surface area contributed by atoms with Crippen molar-refractivity contribution < 1.29 is 9.90 Å². The van der Waals surface area contributed by atoms with E-state index in [2.05, 4.69) is 30.0 Å². The summed E-state index contributed by atoms with van der Waals surface area (Å²) < 4.78 is 1.96. The molecule has 2 fully saturated rings. The summed E-state index contributed by atoms with van der Waals surface area (Å²) in [4.78, 5) is 13.6. The molecule has 5 nitrogen and oxygen atoms in total. The minimum Gasteiger partial charge on any atom is -0.481 e. The third kappa shape index (κ3) is 2.16. The molecular formula is C14H21N3O2. The minimum absolute atomic E-state index is 0.168. The average Bonchev–Trinajstić information content (AvgIpc) is 3.05. The quantitative estimate of drug-likeness (QED) is 0.901. The fourth-order valence-electron chi connectivity index (χ4n) is 3.57. The first kappa shape index (κ1) is 12.7. The van der Waals surface area contributed by atoms with Crippen LogP contribution in [0.4, 0.5) is 0 Å². The molecule has 2 saturated heterocycles. The molecule has 2 aliphatic heterocycles. The van der Waals surface area contributed by atoms with Gasteiger partial charge in [-0.3, -0.25) is 14.4 Å². The molecule has 1 N–H and O–H groups in total. The molecule has 1 aromatic rings. The highest BCUT2D eigenvalue weighted by atomic mass is 16.4. The van der Waals surface area contributed by atoms with Crippen molar-refractivity contribution in [2.45, 2.75) is 57.8 Å². The van der Waals surface area contributed by atoms with Crippen LogP contribution in [-0.2, 0) is 11.3 Å². The topological polar surface area (TPSA) is 58.4 Å². The molecule has 0 amide bonds. The molecule has 0 aromatic carbocycles. The van der Waals surface area contributed by atoms with Crippen LogP contribution in [0.25, 0.3) is 0 Å². The molecule has 0 radical (unpaired) electrons. The second kappa shape index (κ2) is 4.63. The van der Waals surface area contributed by atoms with Crippen LogP contribution >= 0.6 is 0 Å². The van der Waals surface area contributed by atoms with Gasteiger partial charge in [-0.25, -0.2) is 0 Å². The predicted octanol–water partition coefficient (Wildman–Crippen LogP) is 1.90. The number of carboxylic acids is 1. The van der Waals surface area contributed by atoms with Gasteiger partial charge in [0.2, 0.25) is 0 Å². The molecule has 3 heterocycles. The van der Waals surface area contributed by atoms with Crippen molar-refractivity contribution in [2.75, 3.05) is 0 Å². The summed E-state index contributed by atoms with van der Waals surface area (Å²) in [5, 5.41) is 13.6. The lowest BCUT2D eigenvalue weighted by atomic mass is 9.89. The average molecular weight is 263 g/mol. The van der Waals surface area contributed by atoms with Crippen molar-refractivity contribution in [3.05, 3.63) is 18.0 Å². The molecule has 104 valence electrons. The number of hydrogen-bond acceptors (Lipinski definition) is 3. The van der Waals surface area contributed by atoms with E-state index in [0.717, 1.165) is 25.8 Å². The summed E-state index contributed by atoms with van der Waals surface area (Å²) in [6.45, 7) is 5.05. The van der Waals surface area contributed by atoms with Crippen LogP contribution in [0.3, 0.4) is 0 Å². The Morgan fingerprint density at radius 1 is 1.53 bits per heavy atom. The summed E-state index contributed by atoms with van der Waals surface area (Å²) in [6, 6.07) is 1.05. The number of fused-ring (bicyclic) bond motifs is 2. The van der Waals surface area contributed by atoms with E-state index in [4.69, 9.17) is 0 Å². The van der Waals surface area contributed by atoms with Crippen molar-refractivity contribution in [1.29, 1.82) is 0 Å². The maximum absolute atomic E-state index is 11.2. The van der Waals surface area contributed by atoms with Gasteiger partial charge in [0, 0.05) is 36.4 Å². The Kier molecular flexibility index (Phi) is 3.09. The zero-order valence-corrected chi connectivity index (χ0v) is 11.5. The third-order valence-corrected chi connectivity index (χ3v) is 4.55. The number of aromatic nitrogens is 2. The van der Waals surface area contributed by atoms with Crippen molar-refractivity contribution >= 4 is 5.97 Å². The van der Waals surface area contributed by atoms with Gasteiger partial charge in [0.15, 0.2) is 0 Å². The number of rotatable bonds is 4. The van der Waals surface area contributed by atoms with Gasteiger partial charge < -0.3 is 5.11 Å². The standard InChI is InChI=1S/C14H21N3O2/c1-9(2)17-8-10(6-15-17)7-16-11-3-4-13(16)12(5-11)14(18)19/h6,8-9,11-13H,3-5,7H2,1-2H3,(H,18,19). The summed E-state index contributed by atoms with van der Waals surface area (Å²) in [6.07, 6.45) is 6.98. The Bertz CT molecular complexity index is 483. The number of nitrogens with zero attached hydrogens (tertiary/aromatic N) is 3. The molecule has 1 aromatic heterocycles. The Morgan fingerprint density at radius 2 is 2.32 bits per heavy atom. The van der Waals surface area contributed by atoms with Gasteiger partial charge in [0.1, 0.15) is 0 Å². The SMILES string of the molecule is CC(C)n1cc(CN2C3CCC2C(C(=O)O)C3)cn1. The molecule has 2 bridgehead atoms. The maximum atomic E-state index is 11.2. The van der Waals surface area contributed by atoms with Crippen LogP contribution in [0.2, 0.25) is 0 Å². The van der Waals surface area contributed by atoms with Gasteiger partial charge in [0.25, 0.3) is 0 Å². The monoisotopic (exact) mass is 263 g/mol. The third-order valence-electron chi connectivity index (χ3n) is 4.55. The highest BCUT2D eigenvalue weighted by Gasteiger charge is 2.48. The van der Waals surface area contributed by atoms with Gasteiger partial charge in [0.05, 0.1) is 12.1 Å². The lowest BCUT2D eigenvalue weighted by molar-refractivity contribution is -0.142. The number of carboxylic acid groups (broad SMARTS) is 1. The molecule has 3 rings (SSSR count). The van der Waals surface area contributed by atoms with Crippen LogP contribution in [0, 0.1) is 5.92 Å². The van der Waals surface area contributed by atoms with Gasteiger partial charge >= 0.3 is 5.97 Å². The number of aliphatic carboxylic acids is 1. The zero-order chi connectivity index (χ0) is 13.6. The fourth-order valence-corrected chi connectivity index (χ4v) is 3.57. The van der Waals surface area contributed by atoms with Crippen LogP contribution in [0.1, 0.15) is 44.7 Å². The molecule has 0 saturated carbocycles. The zero-order valence-electron chi connectivity index (χ0n) is 11.5. The van der Waals surface area contributed by atoms with E-state index >= 15 is 0 Å².